The van der Waals surface area contributed by atoms with Crippen LogP contribution < -0.4 is 15.6 Å². The number of hydrogen-bond donors (Lipinski definition) is 2. The average molecular weight is 297 g/mol. The normalized spacial score (nSPS) is 13.0. The Morgan fingerprint density at radius 3 is 3.05 bits per heavy atom. The lowest BCUT2D eigenvalue weighted by Gasteiger charge is -2.00. The van der Waals surface area contributed by atoms with Gasteiger partial charge in [0.05, 0.1) is 6.61 Å². The van der Waals surface area contributed by atoms with E-state index < -0.39 is 11.5 Å². The van der Waals surface area contributed by atoms with E-state index in [2.05, 4.69) is 21.4 Å². The summed E-state index contributed by atoms with van der Waals surface area (Å²) in [5.74, 6) is 0.871. The summed E-state index contributed by atoms with van der Waals surface area (Å²) in [6.45, 7) is 0.721. The number of nitrogens with zero attached hydrogens (tertiary/aromatic N) is 1. The highest BCUT2D eigenvalue weighted by Crippen LogP contribution is 2.26. The monoisotopic (exact) mass is 297 g/mol. The number of amides is 1. The average Bonchev–Trinajstić information content (AvgIpc) is 3.00. The van der Waals surface area contributed by atoms with Crippen LogP contribution in [0, 0.1) is 0 Å². The molecule has 3 rings (SSSR count). The molecular weight excluding hydrogens is 282 g/mol. The van der Waals surface area contributed by atoms with Gasteiger partial charge in [0, 0.05) is 19.7 Å². The first-order chi connectivity index (χ1) is 10.7. The summed E-state index contributed by atoms with van der Waals surface area (Å²) in [6.07, 6.45) is 5.74. The van der Waals surface area contributed by atoms with Gasteiger partial charge in [0.2, 0.25) is 0 Å². The third kappa shape index (κ3) is 2.76. The molecule has 0 saturated heterocycles. The maximum Gasteiger partial charge on any atom is 0.263 e. The van der Waals surface area contributed by atoms with Gasteiger partial charge in [-0.15, -0.1) is 0 Å². The molecular formula is C16H15N3O3. The number of benzene rings is 1. The number of nitrogens with one attached hydrogen (secondary N) is 2. The predicted octanol–water partition coefficient (Wildman–Crippen LogP) is 1.23. The first kappa shape index (κ1) is 14.1. The molecule has 112 valence electrons. The van der Waals surface area contributed by atoms with Gasteiger partial charge in [-0.2, -0.15) is 0 Å². The smallest absolute Gasteiger partial charge is 0.263 e. The fourth-order valence-corrected chi connectivity index (χ4v) is 2.28. The molecule has 1 aliphatic heterocycles. The van der Waals surface area contributed by atoms with Crippen molar-refractivity contribution in [2.75, 3.05) is 13.7 Å². The van der Waals surface area contributed by atoms with Crippen molar-refractivity contribution < 1.29 is 9.53 Å². The molecule has 1 aliphatic rings. The zero-order valence-corrected chi connectivity index (χ0v) is 12.1. The number of fused-ring (bicyclic) bond motifs is 1. The van der Waals surface area contributed by atoms with Gasteiger partial charge in [0.1, 0.15) is 17.1 Å². The van der Waals surface area contributed by atoms with Gasteiger partial charge in [-0.05, 0) is 29.3 Å². The maximum absolute atomic E-state index is 11.8. The zero-order chi connectivity index (χ0) is 15.5. The molecule has 0 spiro atoms. The van der Waals surface area contributed by atoms with E-state index in [1.54, 1.807) is 6.08 Å². The minimum atomic E-state index is -0.462. The molecule has 2 heterocycles. The number of aromatic amines is 1. The largest absolute Gasteiger partial charge is 0.493 e. The van der Waals surface area contributed by atoms with E-state index in [0.717, 1.165) is 24.3 Å². The van der Waals surface area contributed by atoms with Crippen LogP contribution in [0.1, 0.15) is 27.3 Å². The Labute approximate surface area is 126 Å². The zero-order valence-electron chi connectivity index (χ0n) is 12.1. The van der Waals surface area contributed by atoms with Gasteiger partial charge >= 0.3 is 0 Å². The van der Waals surface area contributed by atoms with Crippen molar-refractivity contribution in [2.45, 2.75) is 6.42 Å². The van der Waals surface area contributed by atoms with Crippen molar-refractivity contribution in [2.24, 2.45) is 0 Å². The second kappa shape index (κ2) is 5.85. The maximum atomic E-state index is 11.8. The van der Waals surface area contributed by atoms with Crippen LogP contribution in [0.15, 0.2) is 29.2 Å². The Kier molecular flexibility index (Phi) is 3.74. The minimum Gasteiger partial charge on any atom is -0.493 e. The predicted molar refractivity (Wildman–Crippen MR) is 82.8 cm³/mol. The highest BCUT2D eigenvalue weighted by molar-refractivity contribution is 5.93. The first-order valence-corrected chi connectivity index (χ1v) is 6.92. The summed E-state index contributed by atoms with van der Waals surface area (Å²) in [4.78, 5) is 29.9. The van der Waals surface area contributed by atoms with E-state index in [1.807, 2.05) is 18.2 Å². The van der Waals surface area contributed by atoms with Crippen molar-refractivity contribution in [1.82, 2.24) is 15.3 Å². The SMILES string of the molecule is CNC(=O)c1cnc(/C=C/c2ccc3c(c2)CCO3)[nH]c1=O. The van der Waals surface area contributed by atoms with Gasteiger partial charge in [0.25, 0.3) is 11.5 Å². The summed E-state index contributed by atoms with van der Waals surface area (Å²) in [5.41, 5.74) is 1.71. The summed E-state index contributed by atoms with van der Waals surface area (Å²) in [6, 6.07) is 5.93. The lowest BCUT2D eigenvalue weighted by atomic mass is 10.1. The van der Waals surface area contributed by atoms with Gasteiger partial charge in [-0.3, -0.25) is 9.59 Å². The van der Waals surface area contributed by atoms with Crippen LogP contribution in [0.25, 0.3) is 12.2 Å². The minimum absolute atomic E-state index is 0.00525. The van der Waals surface area contributed by atoms with Crippen LogP contribution in [-0.2, 0) is 6.42 Å². The van der Waals surface area contributed by atoms with Crippen molar-refractivity contribution in [3.8, 4) is 5.75 Å². The summed E-state index contributed by atoms with van der Waals surface area (Å²) >= 11 is 0. The van der Waals surface area contributed by atoms with Gasteiger partial charge < -0.3 is 15.0 Å². The third-order valence-electron chi connectivity index (χ3n) is 3.44. The molecule has 1 amide bonds. The van der Waals surface area contributed by atoms with Crippen LogP contribution in [0.4, 0.5) is 0 Å². The molecule has 22 heavy (non-hydrogen) atoms. The fraction of sp³-hybridized carbons (Fsp3) is 0.188. The molecule has 0 radical (unpaired) electrons. The molecule has 0 fully saturated rings. The van der Waals surface area contributed by atoms with Gasteiger partial charge in [-0.1, -0.05) is 12.1 Å². The van der Waals surface area contributed by atoms with Crippen LogP contribution in [0.5, 0.6) is 5.75 Å². The van der Waals surface area contributed by atoms with Gasteiger partial charge in [-0.25, -0.2) is 4.98 Å². The standard InChI is InChI=1S/C16H15N3O3/c1-17-15(20)12-9-18-14(19-16(12)21)5-3-10-2-4-13-11(8-10)6-7-22-13/h2-5,8-9H,6-7H2,1H3,(H,17,20)(H,18,19,21)/b5-3+. The van der Waals surface area contributed by atoms with Crippen LogP contribution >= 0.6 is 0 Å². The van der Waals surface area contributed by atoms with E-state index in [1.165, 1.54) is 18.8 Å². The number of aromatic nitrogens is 2. The number of carbonyl (C=O) groups excluding carboxylic acids is 1. The molecule has 0 unspecified atom stereocenters. The van der Waals surface area contributed by atoms with E-state index >= 15 is 0 Å². The molecule has 2 N–H and O–H groups in total. The third-order valence-corrected chi connectivity index (χ3v) is 3.44. The van der Waals surface area contributed by atoms with Crippen LogP contribution in [0.3, 0.4) is 0 Å². The Morgan fingerprint density at radius 2 is 2.27 bits per heavy atom. The summed E-state index contributed by atoms with van der Waals surface area (Å²) in [5, 5.41) is 2.39. The molecule has 6 nitrogen and oxygen atoms in total. The number of carbonyl (C=O) groups is 1. The molecule has 2 aromatic rings. The second-order valence-corrected chi connectivity index (χ2v) is 4.89. The Balaban J connectivity index is 1.82. The lowest BCUT2D eigenvalue weighted by Crippen LogP contribution is -2.27. The lowest BCUT2D eigenvalue weighted by molar-refractivity contribution is 0.0961. The van der Waals surface area contributed by atoms with Crippen molar-refractivity contribution in [3.63, 3.8) is 0 Å². The van der Waals surface area contributed by atoms with E-state index in [-0.39, 0.29) is 5.56 Å². The molecule has 0 saturated carbocycles. The molecule has 0 aliphatic carbocycles. The molecule has 1 aromatic carbocycles. The van der Waals surface area contributed by atoms with E-state index in [4.69, 9.17) is 4.74 Å². The van der Waals surface area contributed by atoms with Crippen molar-refractivity contribution >= 4 is 18.1 Å². The number of ether oxygens (including phenoxy) is 1. The summed E-state index contributed by atoms with van der Waals surface area (Å²) < 4.78 is 5.46. The number of H-pyrrole nitrogens is 1. The van der Waals surface area contributed by atoms with Crippen LogP contribution in [-0.4, -0.2) is 29.5 Å². The fourth-order valence-electron chi connectivity index (χ4n) is 2.28. The quantitative estimate of drug-likeness (QED) is 0.892. The van der Waals surface area contributed by atoms with Crippen LogP contribution in [0.2, 0.25) is 0 Å². The topological polar surface area (TPSA) is 84.1 Å². The number of hydrogen-bond acceptors (Lipinski definition) is 4. The first-order valence-electron chi connectivity index (χ1n) is 6.92. The Bertz CT molecular complexity index is 809. The molecule has 0 atom stereocenters. The van der Waals surface area contributed by atoms with Gasteiger partial charge in [0.15, 0.2) is 0 Å². The Hall–Kier alpha value is -2.89. The Morgan fingerprint density at radius 1 is 1.41 bits per heavy atom. The van der Waals surface area contributed by atoms with Crippen molar-refractivity contribution in [1.29, 1.82) is 0 Å². The molecule has 1 aromatic heterocycles. The van der Waals surface area contributed by atoms with Crippen molar-refractivity contribution in [3.05, 3.63) is 57.3 Å². The molecule has 6 heteroatoms. The van der Waals surface area contributed by atoms with E-state index in [0.29, 0.717) is 5.82 Å². The highest BCUT2D eigenvalue weighted by Gasteiger charge is 2.11. The van der Waals surface area contributed by atoms with E-state index in [9.17, 15) is 9.59 Å². The second-order valence-electron chi connectivity index (χ2n) is 4.89. The summed E-state index contributed by atoms with van der Waals surface area (Å²) in [7, 11) is 1.47. The highest BCUT2D eigenvalue weighted by atomic mass is 16.5. The molecule has 0 bridgehead atoms. The number of rotatable bonds is 3.